The van der Waals surface area contributed by atoms with Crippen LogP contribution in [0.2, 0.25) is 0 Å². The summed E-state index contributed by atoms with van der Waals surface area (Å²) in [6, 6.07) is 11.9. The van der Waals surface area contributed by atoms with Crippen molar-refractivity contribution in [3.63, 3.8) is 0 Å². The number of hydrogen-bond donors (Lipinski definition) is 1. The Kier molecular flexibility index (Phi) is 6.72. The molecule has 2 aromatic rings. The lowest BCUT2D eigenvalue weighted by molar-refractivity contribution is -0.152. The van der Waals surface area contributed by atoms with Gasteiger partial charge in [-0.25, -0.2) is 9.18 Å². The molecule has 1 N–H and O–H groups in total. The molecule has 1 unspecified atom stereocenters. The summed E-state index contributed by atoms with van der Waals surface area (Å²) >= 11 is 0. The van der Waals surface area contributed by atoms with Crippen molar-refractivity contribution in [3.8, 4) is 5.75 Å². The number of carbonyl (C=O) groups excluding carboxylic acids is 2. The Balaban J connectivity index is 1.91. The molecule has 1 atom stereocenters. The van der Waals surface area contributed by atoms with E-state index in [1.165, 1.54) is 24.3 Å². The van der Waals surface area contributed by atoms with E-state index in [0.717, 1.165) is 0 Å². The molecule has 0 aromatic heterocycles. The first-order valence-electron chi connectivity index (χ1n) is 8.35. The first kappa shape index (κ1) is 19.4. The third-order valence-electron chi connectivity index (χ3n) is 3.42. The van der Waals surface area contributed by atoms with E-state index >= 15 is 0 Å². The fourth-order valence-corrected chi connectivity index (χ4v) is 2.04. The quantitative estimate of drug-likeness (QED) is 0.758. The smallest absolute Gasteiger partial charge is 0.347 e. The Morgan fingerprint density at radius 3 is 2.19 bits per heavy atom. The van der Waals surface area contributed by atoms with Crippen molar-refractivity contribution in [2.75, 3.05) is 11.9 Å². The molecule has 2 rings (SSSR count). The fourth-order valence-electron chi connectivity index (χ4n) is 2.04. The van der Waals surface area contributed by atoms with Gasteiger partial charge in [-0.15, -0.1) is 0 Å². The Morgan fingerprint density at radius 1 is 1.00 bits per heavy atom. The van der Waals surface area contributed by atoms with E-state index in [9.17, 15) is 14.0 Å². The molecule has 0 bridgehead atoms. The predicted molar refractivity (Wildman–Crippen MR) is 96.7 cm³/mol. The number of benzene rings is 2. The molecule has 1 amide bonds. The lowest BCUT2D eigenvalue weighted by Crippen LogP contribution is -2.27. The maximum atomic E-state index is 12.9. The minimum Gasteiger partial charge on any atom is -0.479 e. The van der Waals surface area contributed by atoms with Gasteiger partial charge in [0.25, 0.3) is 5.91 Å². The molecule has 0 fully saturated rings. The molecule has 0 saturated carbocycles. The summed E-state index contributed by atoms with van der Waals surface area (Å²) < 4.78 is 23.5. The van der Waals surface area contributed by atoms with Gasteiger partial charge in [0, 0.05) is 11.3 Å². The molecule has 0 aliphatic carbocycles. The van der Waals surface area contributed by atoms with Crippen molar-refractivity contribution in [1.29, 1.82) is 0 Å². The van der Waals surface area contributed by atoms with Gasteiger partial charge in [0.1, 0.15) is 11.6 Å². The Bertz CT molecular complexity index is 741. The number of rotatable bonds is 7. The summed E-state index contributed by atoms with van der Waals surface area (Å²) in [5.74, 6) is -0.419. The van der Waals surface area contributed by atoms with Crippen LogP contribution in [-0.4, -0.2) is 24.6 Å². The summed E-state index contributed by atoms with van der Waals surface area (Å²) in [7, 11) is 0. The molecule has 0 saturated heterocycles. The van der Waals surface area contributed by atoms with Crippen molar-refractivity contribution in [3.05, 3.63) is 59.9 Å². The molecule has 2 aromatic carbocycles. The van der Waals surface area contributed by atoms with Crippen LogP contribution in [0.1, 0.15) is 31.1 Å². The van der Waals surface area contributed by atoms with E-state index in [1.807, 2.05) is 13.8 Å². The van der Waals surface area contributed by atoms with E-state index < -0.39 is 12.1 Å². The highest BCUT2D eigenvalue weighted by Crippen LogP contribution is 2.16. The highest BCUT2D eigenvalue weighted by atomic mass is 19.1. The van der Waals surface area contributed by atoms with Crippen LogP contribution in [0.25, 0.3) is 0 Å². The number of hydrogen-bond acceptors (Lipinski definition) is 4. The third kappa shape index (κ3) is 5.88. The number of nitrogens with one attached hydrogen (secondary N) is 1. The first-order chi connectivity index (χ1) is 12.3. The Hall–Kier alpha value is -2.89. The van der Waals surface area contributed by atoms with Gasteiger partial charge in [-0.1, -0.05) is 13.8 Å². The van der Waals surface area contributed by atoms with Crippen molar-refractivity contribution in [1.82, 2.24) is 0 Å². The monoisotopic (exact) mass is 359 g/mol. The number of ether oxygens (including phenoxy) is 2. The van der Waals surface area contributed by atoms with Crippen LogP contribution in [0.3, 0.4) is 0 Å². The van der Waals surface area contributed by atoms with Crippen LogP contribution in [0.15, 0.2) is 48.5 Å². The van der Waals surface area contributed by atoms with Gasteiger partial charge in [-0.3, -0.25) is 4.79 Å². The largest absolute Gasteiger partial charge is 0.479 e. The lowest BCUT2D eigenvalue weighted by atomic mass is 10.2. The normalized spacial score (nSPS) is 11.7. The van der Waals surface area contributed by atoms with Gasteiger partial charge in [0.2, 0.25) is 0 Å². The number of carbonyl (C=O) groups is 2. The molecule has 26 heavy (non-hydrogen) atoms. The minimum atomic E-state index is -0.743. The summed E-state index contributed by atoms with van der Waals surface area (Å²) in [6.45, 7) is 5.86. The molecule has 5 nitrogen and oxygen atoms in total. The van der Waals surface area contributed by atoms with Gasteiger partial charge in [0.05, 0.1) is 6.61 Å². The van der Waals surface area contributed by atoms with Crippen molar-refractivity contribution >= 4 is 17.6 Å². The van der Waals surface area contributed by atoms with E-state index in [4.69, 9.17) is 9.47 Å². The fraction of sp³-hybridized carbons (Fsp3) is 0.300. The maximum absolute atomic E-state index is 12.9. The molecule has 0 spiro atoms. The van der Waals surface area contributed by atoms with Crippen LogP contribution >= 0.6 is 0 Å². The molecule has 138 valence electrons. The van der Waals surface area contributed by atoms with Crippen LogP contribution in [-0.2, 0) is 9.53 Å². The number of esters is 1. The second kappa shape index (κ2) is 8.99. The topological polar surface area (TPSA) is 64.6 Å². The van der Waals surface area contributed by atoms with Gasteiger partial charge in [-0.2, -0.15) is 0 Å². The summed E-state index contributed by atoms with van der Waals surface area (Å²) in [5, 5.41) is 2.67. The van der Waals surface area contributed by atoms with Crippen molar-refractivity contribution in [2.24, 2.45) is 5.92 Å². The zero-order valence-electron chi connectivity index (χ0n) is 15.0. The molecular formula is C20H22FNO4. The van der Waals surface area contributed by atoms with E-state index in [0.29, 0.717) is 23.6 Å². The van der Waals surface area contributed by atoms with Crippen LogP contribution in [0.5, 0.6) is 5.75 Å². The van der Waals surface area contributed by atoms with E-state index in [1.54, 1.807) is 31.2 Å². The Labute approximate surface area is 152 Å². The second-order valence-electron chi connectivity index (χ2n) is 6.27. The SMILES string of the molecule is CC(C)COC(=O)C(C)Oc1ccc(C(=O)Nc2ccc(F)cc2)cc1. The van der Waals surface area contributed by atoms with Crippen LogP contribution in [0, 0.1) is 11.7 Å². The number of anilines is 1. The molecular weight excluding hydrogens is 337 g/mol. The number of amides is 1. The standard InChI is InChI=1S/C20H22FNO4/c1-13(2)12-25-20(24)14(3)26-18-10-4-15(5-11-18)19(23)22-17-8-6-16(21)7-9-17/h4-11,13-14H,12H2,1-3H3,(H,22,23). The molecule has 6 heteroatoms. The van der Waals surface area contributed by atoms with E-state index in [2.05, 4.69) is 5.32 Å². The lowest BCUT2D eigenvalue weighted by Gasteiger charge is -2.15. The molecule has 0 heterocycles. The first-order valence-corrected chi connectivity index (χ1v) is 8.35. The summed E-state index contributed by atoms with van der Waals surface area (Å²) in [4.78, 5) is 24.0. The zero-order chi connectivity index (χ0) is 19.1. The third-order valence-corrected chi connectivity index (χ3v) is 3.42. The Morgan fingerprint density at radius 2 is 1.62 bits per heavy atom. The highest BCUT2D eigenvalue weighted by Gasteiger charge is 2.17. The summed E-state index contributed by atoms with van der Waals surface area (Å²) in [5.41, 5.74) is 0.912. The molecule has 0 aliphatic rings. The second-order valence-corrected chi connectivity index (χ2v) is 6.27. The van der Waals surface area contributed by atoms with Gasteiger partial charge in [0.15, 0.2) is 6.10 Å². The van der Waals surface area contributed by atoms with Crippen LogP contribution < -0.4 is 10.1 Å². The zero-order valence-corrected chi connectivity index (χ0v) is 15.0. The van der Waals surface area contributed by atoms with Crippen LogP contribution in [0.4, 0.5) is 10.1 Å². The van der Waals surface area contributed by atoms with Gasteiger partial charge in [-0.05, 0) is 61.4 Å². The maximum Gasteiger partial charge on any atom is 0.347 e. The van der Waals surface area contributed by atoms with Gasteiger partial charge < -0.3 is 14.8 Å². The molecule has 0 aliphatic heterocycles. The van der Waals surface area contributed by atoms with Crippen molar-refractivity contribution in [2.45, 2.75) is 26.9 Å². The minimum absolute atomic E-state index is 0.255. The van der Waals surface area contributed by atoms with Crippen molar-refractivity contribution < 1.29 is 23.5 Å². The molecule has 0 radical (unpaired) electrons. The number of halogens is 1. The van der Waals surface area contributed by atoms with E-state index in [-0.39, 0.29) is 17.6 Å². The van der Waals surface area contributed by atoms with Gasteiger partial charge >= 0.3 is 5.97 Å². The summed E-state index contributed by atoms with van der Waals surface area (Å²) in [6.07, 6.45) is -0.743. The average molecular weight is 359 g/mol. The highest BCUT2D eigenvalue weighted by molar-refractivity contribution is 6.04. The predicted octanol–water partition coefficient (Wildman–Crippen LogP) is 4.04. The average Bonchev–Trinajstić information content (AvgIpc) is 2.62.